The molecular weight excluding hydrogens is 380 g/mol. The lowest BCUT2D eigenvalue weighted by molar-refractivity contribution is -0.150. The van der Waals surface area contributed by atoms with Crippen molar-refractivity contribution in [2.24, 2.45) is 17.6 Å². The van der Waals surface area contributed by atoms with Gasteiger partial charge in [-0.1, -0.05) is 34.1 Å². The van der Waals surface area contributed by atoms with E-state index < -0.39 is 54.5 Å². The predicted octanol–water partition coefficient (Wildman–Crippen LogP) is -0.947. The van der Waals surface area contributed by atoms with Crippen molar-refractivity contribution >= 4 is 23.7 Å². The fourth-order valence-corrected chi connectivity index (χ4v) is 3.23. The highest BCUT2D eigenvalue weighted by Gasteiger charge is 2.38. The molecule has 166 valence electrons. The average Bonchev–Trinajstić information content (AvgIpc) is 3.17. The highest BCUT2D eigenvalue weighted by molar-refractivity contribution is 5.94. The summed E-state index contributed by atoms with van der Waals surface area (Å²) in [5, 5.41) is 23.9. The molecule has 1 fully saturated rings. The molecule has 1 heterocycles. The number of carboxylic acids is 1. The lowest BCUT2D eigenvalue weighted by atomic mass is 9.97. The number of hydrogen-bond acceptors (Lipinski definition) is 6. The van der Waals surface area contributed by atoms with E-state index in [0.717, 1.165) is 4.90 Å². The minimum Gasteiger partial charge on any atom is -0.480 e. The van der Waals surface area contributed by atoms with E-state index in [0.29, 0.717) is 19.3 Å². The summed E-state index contributed by atoms with van der Waals surface area (Å²) in [7, 11) is 0. The summed E-state index contributed by atoms with van der Waals surface area (Å²) in [5.74, 6) is -3.24. The van der Waals surface area contributed by atoms with E-state index in [-0.39, 0.29) is 18.4 Å². The summed E-state index contributed by atoms with van der Waals surface area (Å²) in [6.45, 7) is 6.77. The first-order valence-electron chi connectivity index (χ1n) is 10.1. The van der Waals surface area contributed by atoms with Gasteiger partial charge in [0.1, 0.15) is 18.1 Å². The van der Waals surface area contributed by atoms with Crippen LogP contribution >= 0.6 is 0 Å². The van der Waals surface area contributed by atoms with Gasteiger partial charge in [0.05, 0.1) is 12.6 Å². The summed E-state index contributed by atoms with van der Waals surface area (Å²) in [6.07, 6.45) is 1.56. The Balaban J connectivity index is 2.85. The molecule has 5 unspecified atom stereocenters. The zero-order valence-electron chi connectivity index (χ0n) is 17.6. The number of carbonyl (C=O) groups is 4. The fourth-order valence-electron chi connectivity index (χ4n) is 3.23. The molecule has 29 heavy (non-hydrogen) atoms. The number of aliphatic hydroxyl groups is 1. The number of amides is 3. The van der Waals surface area contributed by atoms with E-state index in [1.165, 1.54) is 0 Å². The molecule has 0 bridgehead atoms. The summed E-state index contributed by atoms with van der Waals surface area (Å²) in [4.78, 5) is 50.2. The van der Waals surface area contributed by atoms with Crippen LogP contribution in [0.3, 0.4) is 0 Å². The molecule has 6 N–H and O–H groups in total. The Hall–Kier alpha value is -2.20. The highest BCUT2D eigenvalue weighted by atomic mass is 16.4. The number of aliphatic carboxylic acids is 1. The minimum atomic E-state index is -1.29. The quantitative estimate of drug-likeness (QED) is 0.308. The van der Waals surface area contributed by atoms with Gasteiger partial charge in [-0.3, -0.25) is 14.4 Å². The Morgan fingerprint density at radius 3 is 2.24 bits per heavy atom. The smallest absolute Gasteiger partial charge is 0.326 e. The zero-order valence-corrected chi connectivity index (χ0v) is 17.6. The topological polar surface area (TPSA) is 162 Å². The van der Waals surface area contributed by atoms with Crippen LogP contribution in [0.2, 0.25) is 0 Å². The molecule has 3 amide bonds. The number of rotatable bonds is 10. The van der Waals surface area contributed by atoms with Crippen molar-refractivity contribution in [3.63, 3.8) is 0 Å². The molecule has 0 aromatic carbocycles. The second-order valence-corrected chi connectivity index (χ2v) is 7.91. The van der Waals surface area contributed by atoms with Crippen LogP contribution in [0.1, 0.15) is 47.0 Å². The first kappa shape index (κ1) is 24.8. The van der Waals surface area contributed by atoms with Crippen molar-refractivity contribution in [1.82, 2.24) is 15.5 Å². The molecular formula is C19H34N4O6. The number of nitrogens with one attached hydrogen (secondary N) is 2. The molecule has 0 saturated carbocycles. The van der Waals surface area contributed by atoms with E-state index in [1.807, 2.05) is 13.8 Å². The molecule has 0 radical (unpaired) electrons. The Morgan fingerprint density at radius 2 is 1.76 bits per heavy atom. The van der Waals surface area contributed by atoms with E-state index in [1.54, 1.807) is 13.8 Å². The molecule has 5 atom stereocenters. The molecule has 0 spiro atoms. The first-order chi connectivity index (χ1) is 13.5. The molecule has 0 aromatic heterocycles. The van der Waals surface area contributed by atoms with E-state index in [4.69, 9.17) is 5.73 Å². The number of aliphatic hydroxyl groups excluding tert-OH is 1. The van der Waals surface area contributed by atoms with Crippen molar-refractivity contribution < 1.29 is 29.4 Å². The van der Waals surface area contributed by atoms with Crippen LogP contribution in [0.5, 0.6) is 0 Å². The maximum absolute atomic E-state index is 12.7. The maximum Gasteiger partial charge on any atom is 0.326 e. The molecule has 10 nitrogen and oxygen atoms in total. The van der Waals surface area contributed by atoms with Crippen molar-refractivity contribution in [2.45, 2.75) is 71.1 Å². The van der Waals surface area contributed by atoms with Crippen LogP contribution < -0.4 is 16.4 Å². The van der Waals surface area contributed by atoms with Gasteiger partial charge in [0.15, 0.2) is 0 Å². The molecule has 0 aliphatic carbocycles. The largest absolute Gasteiger partial charge is 0.480 e. The third-order valence-electron chi connectivity index (χ3n) is 5.42. The van der Waals surface area contributed by atoms with Gasteiger partial charge >= 0.3 is 5.97 Å². The van der Waals surface area contributed by atoms with E-state index in [2.05, 4.69) is 10.6 Å². The maximum atomic E-state index is 12.7. The number of carboxylic acid groups (broad SMARTS) is 1. The Bertz CT molecular complexity index is 612. The summed E-state index contributed by atoms with van der Waals surface area (Å²) in [6, 6.07) is -3.98. The summed E-state index contributed by atoms with van der Waals surface area (Å²) < 4.78 is 0. The van der Waals surface area contributed by atoms with E-state index >= 15 is 0 Å². The Morgan fingerprint density at radius 1 is 1.14 bits per heavy atom. The fraction of sp³-hybridized carbons (Fsp3) is 0.789. The number of nitrogens with two attached hydrogens (primary N) is 1. The SMILES string of the molecule is CCC(C)C(N)C(=O)NC(C(=O)NC(CO)C(=O)N1CCCC1C(=O)O)C(C)C. The second-order valence-electron chi connectivity index (χ2n) is 7.91. The lowest BCUT2D eigenvalue weighted by Gasteiger charge is -2.29. The summed E-state index contributed by atoms with van der Waals surface area (Å²) >= 11 is 0. The first-order valence-corrected chi connectivity index (χ1v) is 10.1. The zero-order chi connectivity index (χ0) is 22.3. The number of hydrogen-bond donors (Lipinski definition) is 5. The van der Waals surface area contributed by atoms with Crippen LogP contribution in [0.4, 0.5) is 0 Å². The predicted molar refractivity (Wildman–Crippen MR) is 106 cm³/mol. The van der Waals surface area contributed by atoms with Crippen LogP contribution in [-0.4, -0.2) is 76.1 Å². The van der Waals surface area contributed by atoms with Gasteiger partial charge in [-0.25, -0.2) is 4.79 Å². The van der Waals surface area contributed by atoms with Crippen molar-refractivity contribution in [3.05, 3.63) is 0 Å². The molecule has 10 heteroatoms. The minimum absolute atomic E-state index is 0.0687. The molecule has 1 rings (SSSR count). The van der Waals surface area contributed by atoms with Crippen molar-refractivity contribution in [2.75, 3.05) is 13.2 Å². The molecule has 0 aromatic rings. The van der Waals surface area contributed by atoms with Gasteiger partial charge in [0.25, 0.3) is 0 Å². The van der Waals surface area contributed by atoms with Gasteiger partial charge in [-0.05, 0) is 24.7 Å². The van der Waals surface area contributed by atoms with E-state index in [9.17, 15) is 29.4 Å². The third kappa shape index (κ3) is 6.40. The second kappa shape index (κ2) is 11.1. The van der Waals surface area contributed by atoms with Crippen LogP contribution in [-0.2, 0) is 19.2 Å². The van der Waals surface area contributed by atoms with Gasteiger partial charge < -0.3 is 31.5 Å². The van der Waals surface area contributed by atoms with Crippen molar-refractivity contribution in [3.8, 4) is 0 Å². The number of likely N-dealkylation sites (tertiary alicyclic amines) is 1. The van der Waals surface area contributed by atoms with Crippen molar-refractivity contribution in [1.29, 1.82) is 0 Å². The molecule has 1 aliphatic rings. The highest BCUT2D eigenvalue weighted by Crippen LogP contribution is 2.18. The Labute approximate surface area is 171 Å². The normalized spacial score (nSPS) is 20.7. The monoisotopic (exact) mass is 414 g/mol. The number of nitrogens with zero attached hydrogens (tertiary/aromatic N) is 1. The van der Waals surface area contributed by atoms with Crippen LogP contribution in [0, 0.1) is 11.8 Å². The van der Waals surface area contributed by atoms with Crippen LogP contribution in [0.25, 0.3) is 0 Å². The standard InChI is InChI=1S/C19H34N4O6/c1-5-11(4)14(20)16(25)22-15(10(2)3)17(26)21-12(9-24)18(27)23-8-6-7-13(23)19(28)29/h10-15,24H,5-9,20H2,1-4H3,(H,21,26)(H,22,25)(H,28,29). The third-order valence-corrected chi connectivity index (χ3v) is 5.42. The Kier molecular flexibility index (Phi) is 9.51. The molecule has 1 saturated heterocycles. The average molecular weight is 415 g/mol. The van der Waals surface area contributed by atoms with Gasteiger partial charge in [-0.15, -0.1) is 0 Å². The van der Waals surface area contributed by atoms with Gasteiger partial charge in [-0.2, -0.15) is 0 Å². The summed E-state index contributed by atoms with van der Waals surface area (Å²) in [5.41, 5.74) is 5.92. The lowest BCUT2D eigenvalue weighted by Crippen LogP contribution is -2.59. The molecule has 1 aliphatic heterocycles. The van der Waals surface area contributed by atoms with Gasteiger partial charge in [0.2, 0.25) is 17.7 Å². The van der Waals surface area contributed by atoms with Gasteiger partial charge in [0, 0.05) is 6.54 Å². The van der Waals surface area contributed by atoms with Crippen LogP contribution in [0.15, 0.2) is 0 Å². The number of carbonyl (C=O) groups excluding carboxylic acids is 3.